The molecule has 16 heavy (non-hydrogen) atoms. The quantitative estimate of drug-likeness (QED) is 0.732. The summed E-state index contributed by atoms with van der Waals surface area (Å²) in [5.74, 6) is 0.792. The van der Waals surface area contributed by atoms with Gasteiger partial charge in [-0.3, -0.25) is 0 Å². The number of likely N-dealkylation sites (N-methyl/N-ethyl adjacent to an activating group) is 1. The minimum Gasteiger partial charge on any atom is -0.313 e. The molecule has 5 heteroatoms. The first-order valence-electron chi connectivity index (χ1n) is 5.87. The van der Waals surface area contributed by atoms with Crippen molar-refractivity contribution in [3.05, 3.63) is 0 Å². The van der Waals surface area contributed by atoms with Gasteiger partial charge in [-0.2, -0.15) is 13.2 Å². The lowest BCUT2D eigenvalue weighted by Gasteiger charge is -2.19. The van der Waals surface area contributed by atoms with E-state index < -0.39 is 12.6 Å². The normalized spacial score (nSPS) is 19.1. The molecule has 0 radical (unpaired) electrons. The average Bonchev–Trinajstić information content (AvgIpc) is 2.96. The molecule has 1 rings (SSSR count). The van der Waals surface area contributed by atoms with Crippen molar-refractivity contribution in [3.63, 3.8) is 0 Å². The Morgan fingerprint density at radius 2 is 1.94 bits per heavy atom. The van der Waals surface area contributed by atoms with Crippen LogP contribution in [0.5, 0.6) is 0 Å². The average molecular weight is 238 g/mol. The molecule has 1 atom stereocenters. The van der Waals surface area contributed by atoms with Crippen LogP contribution in [0.15, 0.2) is 0 Å². The highest BCUT2D eigenvalue weighted by Crippen LogP contribution is 2.32. The standard InChI is InChI=1S/C11H21F3N2/c1-9(10-3-4-10)15-6-8-16(2)7-5-11(12,13)14/h9-10,15H,3-8H2,1-2H3. The van der Waals surface area contributed by atoms with Crippen molar-refractivity contribution in [2.45, 2.75) is 38.4 Å². The molecule has 1 N–H and O–H groups in total. The Kier molecular flexibility index (Phi) is 5.05. The van der Waals surface area contributed by atoms with Crippen LogP contribution < -0.4 is 5.32 Å². The molecule has 0 aromatic carbocycles. The molecule has 2 nitrogen and oxygen atoms in total. The Labute approximate surface area is 95.2 Å². The summed E-state index contributed by atoms with van der Waals surface area (Å²) in [6, 6.07) is 0.510. The maximum Gasteiger partial charge on any atom is 0.390 e. The molecule has 0 heterocycles. The van der Waals surface area contributed by atoms with Gasteiger partial charge in [-0.25, -0.2) is 0 Å². The van der Waals surface area contributed by atoms with Crippen molar-refractivity contribution in [1.82, 2.24) is 10.2 Å². The van der Waals surface area contributed by atoms with Gasteiger partial charge in [0.15, 0.2) is 0 Å². The molecule has 1 aliphatic rings. The lowest BCUT2D eigenvalue weighted by molar-refractivity contribution is -0.137. The predicted molar refractivity (Wildman–Crippen MR) is 58.4 cm³/mol. The monoisotopic (exact) mass is 238 g/mol. The third kappa shape index (κ3) is 6.33. The molecule has 0 aliphatic heterocycles. The van der Waals surface area contributed by atoms with Crippen molar-refractivity contribution >= 4 is 0 Å². The molecule has 96 valence electrons. The molecule has 0 aromatic heterocycles. The van der Waals surface area contributed by atoms with Crippen LogP contribution in [0, 0.1) is 5.92 Å². The van der Waals surface area contributed by atoms with Gasteiger partial charge in [0.2, 0.25) is 0 Å². The van der Waals surface area contributed by atoms with E-state index in [2.05, 4.69) is 12.2 Å². The summed E-state index contributed by atoms with van der Waals surface area (Å²) < 4.78 is 35.8. The summed E-state index contributed by atoms with van der Waals surface area (Å²) in [5.41, 5.74) is 0. The molecule has 0 aromatic rings. The lowest BCUT2D eigenvalue weighted by atomic mass is 10.2. The molecule has 0 saturated heterocycles. The first-order chi connectivity index (χ1) is 7.38. The van der Waals surface area contributed by atoms with Crippen molar-refractivity contribution in [1.29, 1.82) is 0 Å². The van der Waals surface area contributed by atoms with E-state index in [1.165, 1.54) is 12.8 Å². The van der Waals surface area contributed by atoms with Gasteiger partial charge in [0, 0.05) is 25.7 Å². The first kappa shape index (κ1) is 13.8. The minimum absolute atomic E-state index is 0.0863. The molecule has 1 fully saturated rings. The van der Waals surface area contributed by atoms with Crippen LogP contribution in [-0.2, 0) is 0 Å². The summed E-state index contributed by atoms with van der Waals surface area (Å²) in [6.45, 7) is 3.68. The second-order valence-corrected chi connectivity index (χ2v) is 4.75. The molecule has 1 aliphatic carbocycles. The maximum atomic E-state index is 11.9. The van der Waals surface area contributed by atoms with Crippen LogP contribution in [0.3, 0.4) is 0 Å². The van der Waals surface area contributed by atoms with Gasteiger partial charge in [0.25, 0.3) is 0 Å². The highest BCUT2D eigenvalue weighted by atomic mass is 19.4. The molecule has 0 spiro atoms. The van der Waals surface area contributed by atoms with Crippen LogP contribution >= 0.6 is 0 Å². The fraction of sp³-hybridized carbons (Fsp3) is 1.00. The van der Waals surface area contributed by atoms with Crippen LogP contribution in [0.25, 0.3) is 0 Å². The topological polar surface area (TPSA) is 15.3 Å². The largest absolute Gasteiger partial charge is 0.390 e. The van der Waals surface area contributed by atoms with E-state index >= 15 is 0 Å². The number of alkyl halides is 3. The SMILES string of the molecule is CC(NCCN(C)CCC(F)(F)F)C1CC1. The van der Waals surface area contributed by atoms with Gasteiger partial charge in [0.05, 0.1) is 6.42 Å². The Morgan fingerprint density at radius 1 is 1.31 bits per heavy atom. The summed E-state index contributed by atoms with van der Waals surface area (Å²) in [4.78, 5) is 1.72. The smallest absolute Gasteiger partial charge is 0.313 e. The van der Waals surface area contributed by atoms with E-state index in [4.69, 9.17) is 0 Å². The zero-order chi connectivity index (χ0) is 12.2. The predicted octanol–water partition coefficient (Wildman–Crippen LogP) is 2.26. The van der Waals surface area contributed by atoms with Gasteiger partial charge < -0.3 is 10.2 Å². The summed E-state index contributed by atoms with van der Waals surface area (Å²) in [7, 11) is 1.73. The fourth-order valence-corrected chi connectivity index (χ4v) is 1.68. The molecular weight excluding hydrogens is 217 g/mol. The number of nitrogens with zero attached hydrogens (tertiary/aromatic N) is 1. The van der Waals surface area contributed by atoms with Crippen molar-refractivity contribution in [3.8, 4) is 0 Å². The van der Waals surface area contributed by atoms with Crippen molar-refractivity contribution < 1.29 is 13.2 Å². The van der Waals surface area contributed by atoms with E-state index in [1.54, 1.807) is 11.9 Å². The second-order valence-electron chi connectivity index (χ2n) is 4.75. The Balaban J connectivity index is 1.99. The molecular formula is C11H21F3N2. The van der Waals surface area contributed by atoms with Gasteiger partial charge in [-0.1, -0.05) is 0 Å². The molecule has 1 unspecified atom stereocenters. The lowest BCUT2D eigenvalue weighted by Crippen LogP contribution is -2.36. The number of rotatable bonds is 7. The van der Waals surface area contributed by atoms with E-state index in [0.717, 1.165) is 12.5 Å². The number of hydrogen-bond acceptors (Lipinski definition) is 2. The van der Waals surface area contributed by atoms with E-state index in [9.17, 15) is 13.2 Å². The zero-order valence-corrected chi connectivity index (χ0v) is 9.98. The number of halogens is 3. The first-order valence-corrected chi connectivity index (χ1v) is 5.87. The van der Waals surface area contributed by atoms with E-state index in [1.807, 2.05) is 0 Å². The van der Waals surface area contributed by atoms with Gasteiger partial charge >= 0.3 is 6.18 Å². The van der Waals surface area contributed by atoms with Crippen molar-refractivity contribution in [2.24, 2.45) is 5.92 Å². The van der Waals surface area contributed by atoms with Crippen LogP contribution in [0.1, 0.15) is 26.2 Å². The molecule has 1 saturated carbocycles. The highest BCUT2D eigenvalue weighted by molar-refractivity contribution is 4.83. The molecule has 0 bridgehead atoms. The zero-order valence-electron chi connectivity index (χ0n) is 9.98. The third-order valence-corrected chi connectivity index (χ3v) is 3.07. The van der Waals surface area contributed by atoms with Crippen molar-refractivity contribution in [2.75, 3.05) is 26.7 Å². The highest BCUT2D eigenvalue weighted by Gasteiger charge is 2.28. The maximum absolute atomic E-state index is 11.9. The summed E-state index contributed by atoms with van der Waals surface area (Å²) in [6.07, 6.45) is -2.18. The molecule has 0 amide bonds. The van der Waals surface area contributed by atoms with E-state index in [0.29, 0.717) is 12.6 Å². The fourth-order valence-electron chi connectivity index (χ4n) is 1.68. The van der Waals surface area contributed by atoms with Crippen LogP contribution in [0.2, 0.25) is 0 Å². The second kappa shape index (κ2) is 5.87. The Hall–Kier alpha value is -0.290. The number of hydrogen-bond donors (Lipinski definition) is 1. The summed E-state index contributed by atoms with van der Waals surface area (Å²) in [5, 5.41) is 3.35. The van der Waals surface area contributed by atoms with Gasteiger partial charge in [-0.05, 0) is 32.7 Å². The van der Waals surface area contributed by atoms with E-state index in [-0.39, 0.29) is 6.54 Å². The van der Waals surface area contributed by atoms with Gasteiger partial charge in [-0.15, -0.1) is 0 Å². The third-order valence-electron chi connectivity index (χ3n) is 3.07. The Bertz CT molecular complexity index is 202. The minimum atomic E-state index is -4.04. The Morgan fingerprint density at radius 3 is 2.44 bits per heavy atom. The summed E-state index contributed by atoms with van der Waals surface area (Å²) >= 11 is 0. The van der Waals surface area contributed by atoms with Crippen LogP contribution in [-0.4, -0.2) is 43.8 Å². The number of nitrogens with one attached hydrogen (secondary N) is 1. The van der Waals surface area contributed by atoms with Crippen LogP contribution in [0.4, 0.5) is 13.2 Å². The van der Waals surface area contributed by atoms with Gasteiger partial charge in [0.1, 0.15) is 0 Å².